The number of halogens is 1. The molecule has 1 heterocycles. The Morgan fingerprint density at radius 1 is 1.47 bits per heavy atom. The average Bonchev–Trinajstić information content (AvgIpc) is 2.70. The minimum atomic E-state index is 0.0900. The van der Waals surface area contributed by atoms with Crippen molar-refractivity contribution >= 4 is 11.6 Å². The maximum Gasteiger partial charge on any atom is 0.100 e. The summed E-state index contributed by atoms with van der Waals surface area (Å²) in [5, 5.41) is 0.129. The van der Waals surface area contributed by atoms with E-state index in [0.29, 0.717) is 0 Å². The highest BCUT2D eigenvalue weighted by atomic mass is 35.5. The van der Waals surface area contributed by atoms with Crippen LogP contribution in [-0.4, -0.2) is 43.5 Å². The van der Waals surface area contributed by atoms with Crippen LogP contribution in [0.5, 0.6) is 0 Å². The summed E-state index contributed by atoms with van der Waals surface area (Å²) in [5.41, 5.74) is 0. The Bertz CT molecular complexity index is 194. The van der Waals surface area contributed by atoms with E-state index in [2.05, 4.69) is 6.92 Å². The normalized spacial score (nSPS) is 40.4. The zero-order valence-electron chi connectivity index (χ0n) is 9.15. The van der Waals surface area contributed by atoms with Crippen LogP contribution in [0.4, 0.5) is 0 Å². The molecule has 1 aliphatic heterocycles. The Balaban J connectivity index is 1.72. The maximum absolute atomic E-state index is 6.09. The highest BCUT2D eigenvalue weighted by molar-refractivity contribution is 6.21. The fraction of sp³-hybridized carbons (Fsp3) is 1.00. The zero-order chi connectivity index (χ0) is 10.7. The van der Waals surface area contributed by atoms with Crippen LogP contribution >= 0.6 is 11.6 Å². The van der Waals surface area contributed by atoms with Crippen molar-refractivity contribution in [1.29, 1.82) is 0 Å². The summed E-state index contributed by atoms with van der Waals surface area (Å²) >= 11 is 6.09. The van der Waals surface area contributed by atoms with Crippen LogP contribution in [0.1, 0.15) is 26.2 Å². The lowest BCUT2D eigenvalue weighted by molar-refractivity contribution is -0.147. The van der Waals surface area contributed by atoms with E-state index >= 15 is 0 Å². The maximum atomic E-state index is 6.09. The Kier molecular flexibility index (Phi) is 4.26. The van der Waals surface area contributed by atoms with Crippen LogP contribution < -0.4 is 0 Å². The first-order chi connectivity index (χ1) is 7.31. The molecule has 4 heteroatoms. The monoisotopic (exact) mass is 234 g/mol. The van der Waals surface area contributed by atoms with E-state index in [-0.39, 0.29) is 23.7 Å². The molecule has 0 spiro atoms. The zero-order valence-corrected chi connectivity index (χ0v) is 9.91. The summed E-state index contributed by atoms with van der Waals surface area (Å²) in [5.74, 6) is 0. The lowest BCUT2D eigenvalue weighted by Gasteiger charge is -2.41. The number of hydrogen-bond acceptors (Lipinski definition) is 3. The second kappa shape index (κ2) is 5.48. The van der Waals surface area contributed by atoms with Crippen LogP contribution in [-0.2, 0) is 14.2 Å². The van der Waals surface area contributed by atoms with Gasteiger partial charge in [0.1, 0.15) is 6.10 Å². The number of ether oxygens (including phenoxy) is 3. The van der Waals surface area contributed by atoms with Crippen molar-refractivity contribution in [2.75, 3.05) is 19.8 Å². The first-order valence-electron chi connectivity index (χ1n) is 5.80. The van der Waals surface area contributed by atoms with Crippen LogP contribution in [0.3, 0.4) is 0 Å². The minimum Gasteiger partial charge on any atom is -0.379 e. The highest BCUT2D eigenvalue weighted by Gasteiger charge is 2.43. The van der Waals surface area contributed by atoms with Gasteiger partial charge in [-0.2, -0.15) is 0 Å². The van der Waals surface area contributed by atoms with E-state index in [1.165, 1.54) is 0 Å². The van der Waals surface area contributed by atoms with Crippen molar-refractivity contribution < 1.29 is 14.2 Å². The quantitative estimate of drug-likeness (QED) is 0.681. The summed E-state index contributed by atoms with van der Waals surface area (Å²) in [6, 6.07) is 0. The molecule has 0 amide bonds. The third kappa shape index (κ3) is 2.84. The molecule has 0 radical (unpaired) electrons. The van der Waals surface area contributed by atoms with Gasteiger partial charge in [-0.1, -0.05) is 6.92 Å². The molecule has 0 aromatic heterocycles. The van der Waals surface area contributed by atoms with Crippen LogP contribution in [0.2, 0.25) is 0 Å². The second-order valence-corrected chi connectivity index (χ2v) is 4.81. The third-order valence-electron chi connectivity index (χ3n) is 2.95. The Morgan fingerprint density at radius 3 is 2.93 bits per heavy atom. The molecule has 1 saturated carbocycles. The highest BCUT2D eigenvalue weighted by Crippen LogP contribution is 2.33. The standard InChI is InChI=1S/C11H19ClO3/c1-2-4-14-11-9(12)6-10(11)15-8-3-5-13-7-8/h8-11H,2-7H2,1H3. The molecule has 0 aromatic carbocycles. The van der Waals surface area contributed by atoms with Gasteiger partial charge in [0.05, 0.1) is 24.2 Å². The van der Waals surface area contributed by atoms with Gasteiger partial charge in [-0.3, -0.25) is 0 Å². The lowest BCUT2D eigenvalue weighted by Crippen LogP contribution is -2.52. The van der Waals surface area contributed by atoms with Crippen molar-refractivity contribution in [3.8, 4) is 0 Å². The fourth-order valence-corrected chi connectivity index (χ4v) is 2.40. The summed E-state index contributed by atoms with van der Waals surface area (Å²) in [7, 11) is 0. The van der Waals surface area contributed by atoms with Gasteiger partial charge >= 0.3 is 0 Å². The van der Waals surface area contributed by atoms with Crippen molar-refractivity contribution in [2.45, 2.75) is 49.9 Å². The number of hydrogen-bond donors (Lipinski definition) is 0. The van der Waals surface area contributed by atoms with Crippen molar-refractivity contribution in [2.24, 2.45) is 0 Å². The van der Waals surface area contributed by atoms with Crippen molar-refractivity contribution in [1.82, 2.24) is 0 Å². The molecular weight excluding hydrogens is 216 g/mol. The molecule has 0 N–H and O–H groups in total. The summed E-state index contributed by atoms with van der Waals surface area (Å²) in [6.07, 6.45) is 3.47. The van der Waals surface area contributed by atoms with E-state index in [0.717, 1.165) is 39.1 Å². The third-order valence-corrected chi connectivity index (χ3v) is 3.38. The van der Waals surface area contributed by atoms with E-state index in [9.17, 15) is 0 Å². The molecule has 2 aliphatic rings. The van der Waals surface area contributed by atoms with E-state index in [4.69, 9.17) is 25.8 Å². The summed E-state index contributed by atoms with van der Waals surface area (Å²) in [4.78, 5) is 0. The number of rotatable bonds is 5. The Hall–Kier alpha value is 0.170. The van der Waals surface area contributed by atoms with Crippen LogP contribution in [0.15, 0.2) is 0 Å². The van der Waals surface area contributed by atoms with Crippen LogP contribution in [0, 0.1) is 0 Å². The SMILES string of the molecule is CCCOC1C(Cl)CC1OC1CCOC1. The van der Waals surface area contributed by atoms with E-state index in [1.807, 2.05) is 0 Å². The molecule has 1 saturated heterocycles. The molecule has 4 unspecified atom stereocenters. The topological polar surface area (TPSA) is 27.7 Å². The van der Waals surface area contributed by atoms with Gasteiger partial charge < -0.3 is 14.2 Å². The fourth-order valence-electron chi connectivity index (χ4n) is 1.99. The van der Waals surface area contributed by atoms with Gasteiger partial charge in [0.25, 0.3) is 0 Å². The predicted molar refractivity (Wildman–Crippen MR) is 58.4 cm³/mol. The van der Waals surface area contributed by atoms with Crippen molar-refractivity contribution in [3.05, 3.63) is 0 Å². The van der Waals surface area contributed by atoms with E-state index in [1.54, 1.807) is 0 Å². The van der Waals surface area contributed by atoms with Gasteiger partial charge in [0.2, 0.25) is 0 Å². The van der Waals surface area contributed by atoms with Gasteiger partial charge in [-0.15, -0.1) is 11.6 Å². The minimum absolute atomic E-state index is 0.0900. The molecule has 1 aliphatic carbocycles. The number of alkyl halides is 1. The molecule has 0 bridgehead atoms. The van der Waals surface area contributed by atoms with Gasteiger partial charge in [-0.25, -0.2) is 0 Å². The van der Waals surface area contributed by atoms with Crippen molar-refractivity contribution in [3.63, 3.8) is 0 Å². The Morgan fingerprint density at radius 2 is 2.33 bits per heavy atom. The lowest BCUT2D eigenvalue weighted by atomic mass is 9.90. The molecule has 88 valence electrons. The smallest absolute Gasteiger partial charge is 0.100 e. The second-order valence-electron chi connectivity index (χ2n) is 4.25. The molecule has 2 fully saturated rings. The van der Waals surface area contributed by atoms with Gasteiger partial charge in [0.15, 0.2) is 0 Å². The molecule has 4 atom stereocenters. The molecular formula is C11H19ClO3. The molecule has 2 rings (SSSR count). The summed E-state index contributed by atoms with van der Waals surface area (Å²) in [6.45, 7) is 4.42. The molecule has 15 heavy (non-hydrogen) atoms. The summed E-state index contributed by atoms with van der Waals surface area (Å²) < 4.78 is 16.8. The molecule has 3 nitrogen and oxygen atoms in total. The Labute approximate surface area is 96.0 Å². The largest absolute Gasteiger partial charge is 0.379 e. The first-order valence-corrected chi connectivity index (χ1v) is 6.23. The first kappa shape index (κ1) is 11.6. The average molecular weight is 235 g/mol. The van der Waals surface area contributed by atoms with E-state index < -0.39 is 0 Å². The van der Waals surface area contributed by atoms with Crippen LogP contribution in [0.25, 0.3) is 0 Å². The predicted octanol–water partition coefficient (Wildman–Crippen LogP) is 1.97. The van der Waals surface area contributed by atoms with Gasteiger partial charge in [0, 0.05) is 13.2 Å². The molecule has 0 aromatic rings. The van der Waals surface area contributed by atoms with Gasteiger partial charge in [-0.05, 0) is 19.3 Å².